The quantitative estimate of drug-likeness (QED) is 0.145. The van der Waals surface area contributed by atoms with Crippen molar-refractivity contribution in [3.05, 3.63) is 102 Å². The first kappa shape index (κ1) is 27.3. The summed E-state index contributed by atoms with van der Waals surface area (Å²) in [5.74, 6) is 0. The highest BCUT2D eigenvalue weighted by Gasteiger charge is 2.49. The fourth-order valence-electron chi connectivity index (χ4n) is 9.19. The maximum Gasteiger partial charge on any atom is 0.248 e. The van der Waals surface area contributed by atoms with Crippen LogP contribution in [0.4, 0.5) is 17.1 Å². The van der Waals surface area contributed by atoms with E-state index in [4.69, 9.17) is 4.74 Å². The highest BCUT2D eigenvalue weighted by molar-refractivity contribution is 7.05. The van der Waals surface area contributed by atoms with Crippen LogP contribution >= 0.6 is 0 Å². The maximum atomic E-state index is 5.52. The lowest BCUT2D eigenvalue weighted by Gasteiger charge is -2.42. The van der Waals surface area contributed by atoms with Gasteiger partial charge in [0, 0.05) is 30.3 Å². The molecular weight excluding hydrogens is 544 g/mol. The van der Waals surface area contributed by atoms with Crippen LogP contribution < -0.4 is 37.7 Å². The van der Waals surface area contributed by atoms with Gasteiger partial charge in [-0.1, -0.05) is 115 Å². The average molecular weight is 583 g/mol. The molecule has 45 heavy (non-hydrogen) atoms. The van der Waals surface area contributed by atoms with Gasteiger partial charge in [-0.05, 0) is 100 Å². The molecule has 0 spiro atoms. The van der Waals surface area contributed by atoms with Crippen molar-refractivity contribution in [2.45, 2.75) is 58.8 Å². The lowest BCUT2D eigenvalue weighted by atomic mass is 9.32. The van der Waals surface area contributed by atoms with Gasteiger partial charge in [-0.15, -0.1) is 0 Å². The number of anilines is 3. The van der Waals surface area contributed by atoms with Crippen molar-refractivity contribution in [2.24, 2.45) is 0 Å². The number of aryl methyl sites for hydroxylation is 2. The van der Waals surface area contributed by atoms with Crippen molar-refractivity contribution in [2.75, 3.05) is 18.1 Å². The third-order valence-electron chi connectivity index (χ3n) is 11.0. The molecule has 0 bridgehead atoms. The Morgan fingerprint density at radius 1 is 0.578 bits per heavy atom. The van der Waals surface area contributed by atoms with Crippen LogP contribution in [0.25, 0.3) is 22.3 Å². The molecule has 0 saturated heterocycles. The Balaban J connectivity index is 1.15. The molecule has 0 atom stereocenters. The minimum Gasteiger partial charge on any atom is -0.382 e. The SMILES string of the molecule is CCOCCCCCCCCc1ccc2c3c1-c1ccccc1B3c1cccc3c1N2c1ccc(C)c2c1B3c1ccccc1-2. The lowest BCUT2D eigenvalue weighted by Crippen LogP contribution is -2.62. The minimum atomic E-state index is 0.283. The Morgan fingerprint density at radius 2 is 1.16 bits per heavy atom. The van der Waals surface area contributed by atoms with Gasteiger partial charge in [0.1, 0.15) is 0 Å². The van der Waals surface area contributed by atoms with Crippen molar-refractivity contribution < 1.29 is 4.74 Å². The topological polar surface area (TPSA) is 12.5 Å². The molecule has 220 valence electrons. The van der Waals surface area contributed by atoms with E-state index in [1.54, 1.807) is 0 Å². The number of unbranched alkanes of at least 4 members (excludes halogenated alkanes) is 5. The normalized spacial score (nSPS) is 13.9. The van der Waals surface area contributed by atoms with E-state index in [2.05, 4.69) is 110 Å². The number of hydrogen-bond acceptors (Lipinski definition) is 2. The number of nitrogens with zero attached hydrogens (tertiary/aromatic N) is 1. The van der Waals surface area contributed by atoms with Gasteiger partial charge in [0.2, 0.25) is 13.4 Å². The molecule has 0 aromatic heterocycles. The Labute approximate surface area is 268 Å². The summed E-state index contributed by atoms with van der Waals surface area (Å²) >= 11 is 0. The summed E-state index contributed by atoms with van der Waals surface area (Å²) in [6.07, 6.45) is 8.80. The molecule has 5 aromatic rings. The van der Waals surface area contributed by atoms with Gasteiger partial charge in [-0.2, -0.15) is 0 Å². The molecule has 0 radical (unpaired) electrons. The largest absolute Gasteiger partial charge is 0.382 e. The third-order valence-corrected chi connectivity index (χ3v) is 11.0. The molecule has 9 rings (SSSR count). The Morgan fingerprint density at radius 3 is 1.87 bits per heavy atom. The highest BCUT2D eigenvalue weighted by Crippen LogP contribution is 2.45. The number of benzene rings is 5. The molecule has 4 heterocycles. The number of para-hydroxylation sites is 1. The van der Waals surface area contributed by atoms with E-state index in [-0.39, 0.29) is 13.4 Å². The lowest BCUT2D eigenvalue weighted by molar-refractivity contribution is 0.143. The van der Waals surface area contributed by atoms with Gasteiger partial charge >= 0.3 is 0 Å². The van der Waals surface area contributed by atoms with Crippen LogP contribution in [0.2, 0.25) is 0 Å². The average Bonchev–Trinajstić information content (AvgIpc) is 3.61. The van der Waals surface area contributed by atoms with Crippen LogP contribution in [-0.2, 0) is 11.2 Å². The van der Waals surface area contributed by atoms with E-state index >= 15 is 0 Å². The summed E-state index contributed by atoms with van der Waals surface area (Å²) in [5.41, 5.74) is 21.7. The molecule has 0 N–H and O–H groups in total. The molecule has 0 fully saturated rings. The van der Waals surface area contributed by atoms with Crippen molar-refractivity contribution in [1.29, 1.82) is 0 Å². The zero-order valence-electron chi connectivity index (χ0n) is 26.5. The molecule has 0 unspecified atom stereocenters. The van der Waals surface area contributed by atoms with Gasteiger partial charge in [0.25, 0.3) is 0 Å². The minimum absolute atomic E-state index is 0.283. The second-order valence-electron chi connectivity index (χ2n) is 13.5. The molecule has 0 amide bonds. The fraction of sp³-hybridized carbons (Fsp3) is 0.268. The van der Waals surface area contributed by atoms with Crippen LogP contribution in [0.15, 0.2) is 91.0 Å². The molecule has 4 aliphatic heterocycles. The number of ether oxygens (including phenoxy) is 1. The van der Waals surface area contributed by atoms with Gasteiger partial charge < -0.3 is 9.64 Å². The van der Waals surface area contributed by atoms with Gasteiger partial charge in [-0.3, -0.25) is 0 Å². The molecule has 4 heteroatoms. The van der Waals surface area contributed by atoms with E-state index in [1.165, 1.54) is 122 Å². The highest BCUT2D eigenvalue weighted by atomic mass is 16.5. The number of rotatable bonds is 10. The van der Waals surface area contributed by atoms with E-state index in [0.717, 1.165) is 19.6 Å². The van der Waals surface area contributed by atoms with Gasteiger partial charge in [-0.25, -0.2) is 0 Å². The van der Waals surface area contributed by atoms with Crippen molar-refractivity contribution in [3.8, 4) is 22.3 Å². The fourth-order valence-corrected chi connectivity index (χ4v) is 9.19. The first-order valence-corrected chi connectivity index (χ1v) is 17.3. The standard InChI is InChI=1S/C41H39B2NO/c1-3-45-26-13-7-5-4-6-8-15-28-23-25-36-40-38(28)30-17-10-12-19-32(30)43(40)34-21-14-20-33-41(34)44(36)35-24-22-27(2)37-29-16-9-11-18-31(29)42(33)39(35)37/h9-12,14,16-25H,3-8,13,15,26H2,1-2H3. The predicted molar refractivity (Wildman–Crippen MR) is 194 cm³/mol. The molecule has 2 nitrogen and oxygen atoms in total. The van der Waals surface area contributed by atoms with E-state index < -0.39 is 0 Å². The Bertz CT molecular complexity index is 1980. The zero-order valence-corrected chi connectivity index (χ0v) is 26.5. The second kappa shape index (κ2) is 10.8. The van der Waals surface area contributed by atoms with E-state index in [9.17, 15) is 0 Å². The maximum absolute atomic E-state index is 5.52. The van der Waals surface area contributed by atoms with Gasteiger partial charge in [0.05, 0.1) is 0 Å². The second-order valence-corrected chi connectivity index (χ2v) is 13.5. The van der Waals surface area contributed by atoms with Crippen LogP contribution in [0.5, 0.6) is 0 Å². The summed E-state index contributed by atoms with van der Waals surface area (Å²) < 4.78 is 5.52. The van der Waals surface area contributed by atoms with Crippen molar-refractivity contribution >= 4 is 63.3 Å². The van der Waals surface area contributed by atoms with E-state index in [0.29, 0.717) is 0 Å². The Kier molecular flexibility index (Phi) is 6.56. The molecule has 5 aromatic carbocycles. The van der Waals surface area contributed by atoms with E-state index in [1.807, 2.05) is 0 Å². The smallest absolute Gasteiger partial charge is 0.248 e. The van der Waals surface area contributed by atoms with Crippen LogP contribution in [0.3, 0.4) is 0 Å². The summed E-state index contributed by atoms with van der Waals surface area (Å²) in [6.45, 7) is 6.68. The van der Waals surface area contributed by atoms with Crippen LogP contribution in [0, 0.1) is 6.92 Å². The Hall–Kier alpha value is -4.01. The summed E-state index contributed by atoms with van der Waals surface area (Å²) in [6, 6.07) is 35.3. The molecule has 0 saturated carbocycles. The summed E-state index contributed by atoms with van der Waals surface area (Å²) in [5, 5.41) is 0. The summed E-state index contributed by atoms with van der Waals surface area (Å²) in [7, 11) is 0. The molecular formula is C41H39B2NO. The van der Waals surface area contributed by atoms with Crippen LogP contribution in [0.1, 0.15) is 56.6 Å². The zero-order chi connectivity index (χ0) is 30.1. The predicted octanol–water partition coefficient (Wildman–Crippen LogP) is 6.00. The summed E-state index contributed by atoms with van der Waals surface area (Å²) in [4.78, 5) is 2.65. The van der Waals surface area contributed by atoms with Gasteiger partial charge in [0.15, 0.2) is 0 Å². The number of fused-ring (bicyclic) bond motifs is 10. The third kappa shape index (κ3) is 3.94. The first-order valence-electron chi connectivity index (χ1n) is 17.3. The molecule has 0 aliphatic carbocycles. The van der Waals surface area contributed by atoms with Crippen molar-refractivity contribution in [1.82, 2.24) is 0 Å². The molecule has 4 aliphatic rings. The van der Waals surface area contributed by atoms with Crippen LogP contribution in [-0.4, -0.2) is 26.6 Å². The number of hydrogen-bond donors (Lipinski definition) is 0. The monoisotopic (exact) mass is 583 g/mol. The first-order chi connectivity index (χ1) is 22.3. The van der Waals surface area contributed by atoms with Crippen molar-refractivity contribution in [3.63, 3.8) is 0 Å².